The number of unbranched alkanes of at least 4 members (excludes halogenated alkanes) is 1. The van der Waals surface area contributed by atoms with Gasteiger partial charge in [0.2, 0.25) is 0 Å². The molecule has 2 rings (SSSR count). The molecular weight excluding hydrogens is 210 g/mol. The molecule has 2 heterocycles. The first-order valence-electron chi connectivity index (χ1n) is 6.74. The Morgan fingerprint density at radius 3 is 2.82 bits per heavy atom. The average Bonchev–Trinajstić information content (AvgIpc) is 2.88. The topological polar surface area (TPSA) is 28.2 Å². The van der Waals surface area contributed by atoms with Crippen molar-refractivity contribution in [2.75, 3.05) is 32.0 Å². The first-order valence-corrected chi connectivity index (χ1v) is 6.74. The molecular formula is C14H23N3. The monoisotopic (exact) mass is 233 g/mol. The normalized spacial score (nSPS) is 16.3. The fraction of sp³-hybridized carbons (Fsp3) is 0.643. The van der Waals surface area contributed by atoms with Crippen LogP contribution in [0.2, 0.25) is 0 Å². The van der Waals surface area contributed by atoms with Gasteiger partial charge in [-0.2, -0.15) is 0 Å². The first-order chi connectivity index (χ1) is 8.38. The third-order valence-electron chi connectivity index (χ3n) is 3.42. The van der Waals surface area contributed by atoms with E-state index in [0.717, 1.165) is 12.2 Å². The van der Waals surface area contributed by atoms with Crippen molar-refractivity contribution in [1.29, 1.82) is 0 Å². The molecule has 3 nitrogen and oxygen atoms in total. The van der Waals surface area contributed by atoms with Gasteiger partial charge in [-0.15, -0.1) is 0 Å². The summed E-state index contributed by atoms with van der Waals surface area (Å²) < 4.78 is 0. The summed E-state index contributed by atoms with van der Waals surface area (Å²) in [5.41, 5.74) is 1.21. The van der Waals surface area contributed by atoms with E-state index in [0.29, 0.717) is 0 Å². The third kappa shape index (κ3) is 4.00. The van der Waals surface area contributed by atoms with E-state index in [1.54, 1.807) is 0 Å². The Labute approximate surface area is 104 Å². The Kier molecular flexibility index (Phi) is 4.80. The Hall–Kier alpha value is -1.09. The maximum Gasteiger partial charge on any atom is 0.125 e. The highest BCUT2D eigenvalue weighted by molar-refractivity contribution is 5.34. The van der Waals surface area contributed by atoms with Gasteiger partial charge in [-0.05, 0) is 63.9 Å². The summed E-state index contributed by atoms with van der Waals surface area (Å²) in [6.45, 7) is 3.90. The molecule has 1 aromatic rings. The van der Waals surface area contributed by atoms with E-state index in [4.69, 9.17) is 0 Å². The minimum atomic E-state index is 0.974. The molecule has 1 N–H and O–H groups in total. The second kappa shape index (κ2) is 6.60. The molecule has 0 spiro atoms. The van der Waals surface area contributed by atoms with Gasteiger partial charge in [0, 0.05) is 12.7 Å². The van der Waals surface area contributed by atoms with Crippen LogP contribution in [0.25, 0.3) is 0 Å². The largest absolute Gasteiger partial charge is 0.373 e. The summed E-state index contributed by atoms with van der Waals surface area (Å²) in [6.07, 6.45) is 6.43. The molecule has 1 aliphatic heterocycles. The van der Waals surface area contributed by atoms with Crippen LogP contribution in [0.3, 0.4) is 0 Å². The molecule has 17 heavy (non-hydrogen) atoms. The lowest BCUT2D eigenvalue weighted by Crippen LogP contribution is -2.20. The Morgan fingerprint density at radius 1 is 1.24 bits per heavy atom. The quantitative estimate of drug-likeness (QED) is 0.765. The minimum Gasteiger partial charge on any atom is -0.373 e. The molecule has 94 valence electrons. The van der Waals surface area contributed by atoms with Crippen molar-refractivity contribution in [3.63, 3.8) is 0 Å². The lowest BCUT2D eigenvalue weighted by Gasteiger charge is -2.13. The molecule has 1 fully saturated rings. The highest BCUT2D eigenvalue weighted by atomic mass is 15.1. The van der Waals surface area contributed by atoms with E-state index in [-0.39, 0.29) is 0 Å². The van der Waals surface area contributed by atoms with Crippen LogP contribution in [0, 0.1) is 0 Å². The van der Waals surface area contributed by atoms with Crippen molar-refractivity contribution in [3.05, 3.63) is 23.9 Å². The fourth-order valence-electron chi connectivity index (χ4n) is 2.41. The number of nitrogens with one attached hydrogen (secondary N) is 1. The molecule has 0 aliphatic carbocycles. The van der Waals surface area contributed by atoms with Gasteiger partial charge in [0.15, 0.2) is 0 Å². The minimum absolute atomic E-state index is 0.974. The number of aromatic nitrogens is 1. The number of rotatable bonds is 6. The maximum atomic E-state index is 4.54. The Balaban J connectivity index is 1.66. The van der Waals surface area contributed by atoms with Crippen LogP contribution in [0.1, 0.15) is 31.4 Å². The second-order valence-corrected chi connectivity index (χ2v) is 4.77. The van der Waals surface area contributed by atoms with E-state index < -0.39 is 0 Å². The molecule has 0 radical (unpaired) electrons. The van der Waals surface area contributed by atoms with E-state index in [1.165, 1.54) is 51.0 Å². The van der Waals surface area contributed by atoms with Crippen LogP contribution in [-0.2, 0) is 6.42 Å². The zero-order valence-electron chi connectivity index (χ0n) is 10.8. The summed E-state index contributed by atoms with van der Waals surface area (Å²) >= 11 is 0. The van der Waals surface area contributed by atoms with Crippen molar-refractivity contribution >= 4 is 5.82 Å². The number of hydrogen-bond acceptors (Lipinski definition) is 3. The van der Waals surface area contributed by atoms with Crippen molar-refractivity contribution in [2.24, 2.45) is 0 Å². The number of pyridine rings is 1. The van der Waals surface area contributed by atoms with Gasteiger partial charge >= 0.3 is 0 Å². The fourth-order valence-corrected chi connectivity index (χ4v) is 2.41. The molecule has 1 saturated heterocycles. The lowest BCUT2D eigenvalue weighted by molar-refractivity contribution is 0.330. The van der Waals surface area contributed by atoms with Crippen molar-refractivity contribution in [3.8, 4) is 0 Å². The predicted octanol–water partition coefficient (Wildman–Crippen LogP) is 2.54. The van der Waals surface area contributed by atoms with Crippen LogP contribution in [-0.4, -0.2) is 36.6 Å². The maximum absolute atomic E-state index is 4.54. The van der Waals surface area contributed by atoms with Gasteiger partial charge in [0.05, 0.1) is 0 Å². The zero-order chi connectivity index (χ0) is 11.9. The highest BCUT2D eigenvalue weighted by Gasteiger charge is 2.10. The number of nitrogens with zero attached hydrogens (tertiary/aromatic N) is 2. The van der Waals surface area contributed by atoms with Gasteiger partial charge in [-0.1, -0.05) is 6.07 Å². The summed E-state index contributed by atoms with van der Waals surface area (Å²) in [4.78, 5) is 7.12. The number of aryl methyl sites for hydroxylation is 1. The molecule has 0 saturated carbocycles. The van der Waals surface area contributed by atoms with Gasteiger partial charge < -0.3 is 10.2 Å². The molecule has 0 bridgehead atoms. The molecule has 3 heteroatoms. The smallest absolute Gasteiger partial charge is 0.125 e. The van der Waals surface area contributed by atoms with Crippen molar-refractivity contribution < 1.29 is 0 Å². The molecule has 0 aromatic carbocycles. The molecule has 0 unspecified atom stereocenters. The summed E-state index contributed by atoms with van der Waals surface area (Å²) in [5.74, 6) is 0.974. The number of likely N-dealkylation sites (tertiary alicyclic amines) is 1. The third-order valence-corrected chi connectivity index (χ3v) is 3.42. The van der Waals surface area contributed by atoms with E-state index >= 15 is 0 Å². The second-order valence-electron chi connectivity index (χ2n) is 4.77. The molecule has 0 atom stereocenters. The van der Waals surface area contributed by atoms with Crippen molar-refractivity contribution in [1.82, 2.24) is 9.88 Å². The summed E-state index contributed by atoms with van der Waals surface area (Å²) in [6, 6.07) is 6.21. The van der Waals surface area contributed by atoms with Crippen LogP contribution in [0.15, 0.2) is 18.2 Å². The molecule has 0 amide bonds. The van der Waals surface area contributed by atoms with Gasteiger partial charge in [-0.3, -0.25) is 0 Å². The SMILES string of the molecule is CNc1cccc(CCCCN2CCCC2)n1. The highest BCUT2D eigenvalue weighted by Crippen LogP contribution is 2.10. The first kappa shape index (κ1) is 12.4. The van der Waals surface area contributed by atoms with Gasteiger partial charge in [0.25, 0.3) is 0 Å². The van der Waals surface area contributed by atoms with E-state index in [9.17, 15) is 0 Å². The molecule has 1 aromatic heterocycles. The van der Waals surface area contributed by atoms with Crippen LogP contribution in [0.5, 0.6) is 0 Å². The Morgan fingerprint density at radius 2 is 2.06 bits per heavy atom. The van der Waals surface area contributed by atoms with E-state index in [2.05, 4.69) is 27.3 Å². The number of anilines is 1. The summed E-state index contributed by atoms with van der Waals surface area (Å²) in [5, 5.41) is 3.08. The Bertz CT molecular complexity index is 332. The lowest BCUT2D eigenvalue weighted by atomic mass is 10.1. The van der Waals surface area contributed by atoms with Crippen molar-refractivity contribution in [2.45, 2.75) is 32.1 Å². The molecule has 1 aliphatic rings. The zero-order valence-corrected chi connectivity index (χ0v) is 10.8. The van der Waals surface area contributed by atoms with Gasteiger partial charge in [-0.25, -0.2) is 4.98 Å². The predicted molar refractivity (Wildman–Crippen MR) is 72.4 cm³/mol. The van der Waals surface area contributed by atoms with Crippen LogP contribution < -0.4 is 5.32 Å². The van der Waals surface area contributed by atoms with Gasteiger partial charge in [0.1, 0.15) is 5.82 Å². The van der Waals surface area contributed by atoms with E-state index in [1.807, 2.05) is 13.1 Å². The summed E-state index contributed by atoms with van der Waals surface area (Å²) in [7, 11) is 1.92. The van der Waals surface area contributed by atoms with Crippen LogP contribution in [0.4, 0.5) is 5.82 Å². The number of hydrogen-bond donors (Lipinski definition) is 1. The van der Waals surface area contributed by atoms with Crippen LogP contribution >= 0.6 is 0 Å². The standard InChI is InChI=1S/C14H23N3/c1-15-14-9-6-8-13(16-14)7-2-3-10-17-11-4-5-12-17/h6,8-9H,2-5,7,10-12H2,1H3,(H,15,16). The average molecular weight is 233 g/mol.